The maximum absolute atomic E-state index is 8.81. The molecule has 12 heavy (non-hydrogen) atoms. The van der Waals surface area contributed by atoms with Crippen LogP contribution in [0.5, 0.6) is 0 Å². The highest BCUT2D eigenvalue weighted by Crippen LogP contribution is 2.03. The van der Waals surface area contributed by atoms with Gasteiger partial charge in [0.15, 0.2) is 0 Å². The number of pyridine rings is 1. The van der Waals surface area contributed by atoms with Gasteiger partial charge in [0.25, 0.3) is 0 Å². The maximum atomic E-state index is 8.81. The molecule has 1 aromatic heterocycles. The highest BCUT2D eigenvalue weighted by Gasteiger charge is 1.91. The van der Waals surface area contributed by atoms with Gasteiger partial charge >= 0.3 is 0 Å². The molecule has 2 nitrogen and oxygen atoms in total. The summed E-state index contributed by atoms with van der Waals surface area (Å²) in [5.74, 6) is 0.477. The van der Waals surface area contributed by atoms with Crippen molar-refractivity contribution in [3.8, 4) is 0 Å². The monoisotopic (exact) mass is 183 g/mol. The third kappa shape index (κ3) is 2.64. The first-order valence-electron chi connectivity index (χ1n) is 3.65. The Morgan fingerprint density at radius 3 is 3.08 bits per heavy atom. The van der Waals surface area contributed by atoms with E-state index >= 15 is 0 Å². The quantitative estimate of drug-likeness (QED) is 0.726. The molecule has 64 valence electrons. The molecule has 0 unspecified atom stereocenters. The van der Waals surface area contributed by atoms with Crippen LogP contribution in [0, 0.1) is 0 Å². The number of aliphatic hydroxyl groups excluding tert-OH is 1. The molecule has 0 saturated heterocycles. The summed E-state index contributed by atoms with van der Waals surface area (Å²) in [6.07, 6.45) is 5.30. The van der Waals surface area contributed by atoms with E-state index in [9.17, 15) is 0 Å². The van der Waals surface area contributed by atoms with E-state index in [1.54, 1.807) is 12.3 Å². The lowest BCUT2D eigenvalue weighted by Crippen LogP contribution is -1.86. The molecule has 0 radical (unpaired) electrons. The Morgan fingerprint density at radius 1 is 1.58 bits per heavy atom. The van der Waals surface area contributed by atoms with Crippen molar-refractivity contribution < 1.29 is 5.11 Å². The lowest BCUT2D eigenvalue weighted by Gasteiger charge is -1.95. The Labute approximate surface area is 76.5 Å². The van der Waals surface area contributed by atoms with Crippen molar-refractivity contribution in [3.63, 3.8) is 0 Å². The summed E-state index contributed by atoms with van der Waals surface area (Å²) in [6, 6.07) is 3.60. The fraction of sp³-hybridized carbons (Fsp3) is 0.222. The van der Waals surface area contributed by atoms with Gasteiger partial charge in [0.2, 0.25) is 0 Å². The van der Waals surface area contributed by atoms with Gasteiger partial charge in [-0.25, -0.2) is 0 Å². The number of rotatable bonds is 3. The number of aliphatic hydroxyl groups is 1. The summed E-state index contributed by atoms with van der Waals surface area (Å²) in [7, 11) is 0. The molecule has 0 aliphatic rings. The Kier molecular flexibility index (Phi) is 3.77. The van der Waals surface area contributed by atoms with E-state index in [4.69, 9.17) is 16.7 Å². The van der Waals surface area contributed by atoms with Crippen molar-refractivity contribution in [3.05, 3.63) is 35.7 Å². The molecule has 1 aromatic rings. The predicted octanol–water partition coefficient (Wildman–Crippen LogP) is 1.83. The highest BCUT2D eigenvalue weighted by atomic mass is 35.5. The average molecular weight is 184 g/mol. The minimum atomic E-state index is 0.0459. The third-order valence-corrected chi connectivity index (χ3v) is 1.58. The zero-order valence-electron chi connectivity index (χ0n) is 6.57. The number of nitrogens with zero attached hydrogens (tertiary/aromatic N) is 1. The predicted molar refractivity (Wildman–Crippen MR) is 49.9 cm³/mol. The van der Waals surface area contributed by atoms with E-state index in [1.807, 2.05) is 18.2 Å². The first-order valence-corrected chi connectivity index (χ1v) is 4.18. The van der Waals surface area contributed by atoms with E-state index in [1.165, 1.54) is 0 Å². The van der Waals surface area contributed by atoms with Crippen molar-refractivity contribution in [1.29, 1.82) is 0 Å². The molecule has 1 rings (SSSR count). The van der Waals surface area contributed by atoms with Crippen LogP contribution in [0.2, 0.25) is 0 Å². The molecule has 1 N–H and O–H groups in total. The van der Waals surface area contributed by atoms with Gasteiger partial charge in [-0.15, -0.1) is 11.6 Å². The number of halogens is 1. The molecule has 0 aliphatic heterocycles. The molecule has 0 saturated carbocycles. The van der Waals surface area contributed by atoms with Crippen LogP contribution in [0.15, 0.2) is 24.4 Å². The number of aromatic nitrogens is 1. The largest absolute Gasteiger partial charge is 0.392 e. The summed E-state index contributed by atoms with van der Waals surface area (Å²) in [5, 5.41) is 8.81. The number of hydrogen-bond donors (Lipinski definition) is 1. The lowest BCUT2D eigenvalue weighted by atomic mass is 10.2. The standard InChI is InChI=1S/C9H10ClNO/c10-4-1-2-9-6-8(7-12)3-5-11-9/h1-3,5-6,12H,4,7H2. The molecule has 0 amide bonds. The van der Waals surface area contributed by atoms with Gasteiger partial charge in [0, 0.05) is 12.1 Å². The van der Waals surface area contributed by atoms with Crippen molar-refractivity contribution >= 4 is 17.7 Å². The molecule has 0 atom stereocenters. The van der Waals surface area contributed by atoms with Crippen molar-refractivity contribution in [1.82, 2.24) is 4.98 Å². The second-order valence-electron chi connectivity index (χ2n) is 2.30. The van der Waals surface area contributed by atoms with Crippen LogP contribution in [-0.4, -0.2) is 16.0 Å². The first-order chi connectivity index (χ1) is 5.86. The molecule has 0 fully saturated rings. The van der Waals surface area contributed by atoms with Crippen molar-refractivity contribution in [2.24, 2.45) is 0 Å². The smallest absolute Gasteiger partial charge is 0.0683 e. The topological polar surface area (TPSA) is 33.1 Å². The normalized spacial score (nSPS) is 10.8. The first kappa shape index (κ1) is 9.23. The molecular weight excluding hydrogens is 174 g/mol. The summed E-state index contributed by atoms with van der Waals surface area (Å²) in [5.41, 5.74) is 1.68. The fourth-order valence-electron chi connectivity index (χ4n) is 0.849. The molecule has 0 spiro atoms. The summed E-state index contributed by atoms with van der Waals surface area (Å²) in [4.78, 5) is 4.07. The summed E-state index contributed by atoms with van der Waals surface area (Å²) >= 11 is 5.46. The third-order valence-electron chi connectivity index (χ3n) is 1.41. The molecule has 3 heteroatoms. The van der Waals surface area contributed by atoms with Crippen LogP contribution in [-0.2, 0) is 6.61 Å². The van der Waals surface area contributed by atoms with Crippen LogP contribution in [0.25, 0.3) is 6.08 Å². The number of alkyl halides is 1. The molecule has 0 aliphatic carbocycles. The van der Waals surface area contributed by atoms with Crippen molar-refractivity contribution in [2.45, 2.75) is 6.61 Å². The van der Waals surface area contributed by atoms with Crippen LogP contribution in [0.1, 0.15) is 11.3 Å². The van der Waals surface area contributed by atoms with E-state index < -0.39 is 0 Å². The molecular formula is C9H10ClNO. The highest BCUT2D eigenvalue weighted by molar-refractivity contribution is 6.19. The Morgan fingerprint density at radius 2 is 2.42 bits per heavy atom. The van der Waals surface area contributed by atoms with Crippen LogP contribution in [0.4, 0.5) is 0 Å². The zero-order chi connectivity index (χ0) is 8.81. The maximum Gasteiger partial charge on any atom is 0.0683 e. The summed E-state index contributed by atoms with van der Waals surface area (Å²) in [6.45, 7) is 0.0459. The average Bonchev–Trinajstić information content (AvgIpc) is 2.15. The van der Waals surface area contributed by atoms with Gasteiger partial charge in [0.1, 0.15) is 0 Å². The summed E-state index contributed by atoms with van der Waals surface area (Å²) < 4.78 is 0. The molecule has 1 heterocycles. The minimum Gasteiger partial charge on any atom is -0.392 e. The van der Waals surface area contributed by atoms with Crippen LogP contribution >= 0.6 is 11.6 Å². The zero-order valence-corrected chi connectivity index (χ0v) is 7.33. The van der Waals surface area contributed by atoms with E-state index in [0.29, 0.717) is 5.88 Å². The lowest BCUT2D eigenvalue weighted by molar-refractivity contribution is 0.281. The van der Waals surface area contributed by atoms with Gasteiger partial charge in [0.05, 0.1) is 12.3 Å². The Balaban J connectivity index is 2.79. The Hall–Kier alpha value is -0.860. The fourth-order valence-corrected chi connectivity index (χ4v) is 0.938. The molecule has 0 aromatic carbocycles. The SMILES string of the molecule is OCc1ccnc(C=CCCl)c1. The Bertz CT molecular complexity index is 273. The van der Waals surface area contributed by atoms with Crippen LogP contribution < -0.4 is 0 Å². The van der Waals surface area contributed by atoms with Gasteiger partial charge < -0.3 is 5.11 Å². The van der Waals surface area contributed by atoms with E-state index in [-0.39, 0.29) is 6.61 Å². The van der Waals surface area contributed by atoms with Gasteiger partial charge in [-0.2, -0.15) is 0 Å². The molecule has 0 bridgehead atoms. The van der Waals surface area contributed by atoms with E-state index in [0.717, 1.165) is 11.3 Å². The van der Waals surface area contributed by atoms with Crippen molar-refractivity contribution in [2.75, 3.05) is 5.88 Å². The van der Waals surface area contributed by atoms with Crippen LogP contribution in [0.3, 0.4) is 0 Å². The minimum absolute atomic E-state index is 0.0459. The number of allylic oxidation sites excluding steroid dienone is 1. The van der Waals surface area contributed by atoms with Gasteiger partial charge in [-0.1, -0.05) is 6.08 Å². The van der Waals surface area contributed by atoms with E-state index in [2.05, 4.69) is 4.98 Å². The second kappa shape index (κ2) is 4.91. The van der Waals surface area contributed by atoms with Gasteiger partial charge in [-0.05, 0) is 23.8 Å². The number of hydrogen-bond acceptors (Lipinski definition) is 2. The van der Waals surface area contributed by atoms with Gasteiger partial charge in [-0.3, -0.25) is 4.98 Å². The second-order valence-corrected chi connectivity index (χ2v) is 2.61.